The Balaban J connectivity index is 3.95. The first-order valence-corrected chi connectivity index (χ1v) is 3.97. The Morgan fingerprint density at radius 3 is 1.89 bits per heavy atom. The number of terminal acetylenes is 2. The molecule has 0 aliphatic carbocycles. The molecule has 0 aliphatic heterocycles. The van der Waals surface area contributed by atoms with Crippen LogP contribution >= 0.6 is 7.60 Å². The first-order valence-electron chi connectivity index (χ1n) is 1.98. The van der Waals surface area contributed by atoms with Gasteiger partial charge in [0.1, 0.15) is 12.2 Å². The van der Waals surface area contributed by atoms with Crippen LogP contribution in [-0.2, 0) is 13.6 Å². The summed E-state index contributed by atoms with van der Waals surface area (Å²) in [4.78, 5) is 0. The Hall–Kier alpha value is -1.05. The molecule has 0 atom stereocenters. The summed E-state index contributed by atoms with van der Waals surface area (Å²) >= 11 is 0. The van der Waals surface area contributed by atoms with Crippen LogP contribution in [0.2, 0.25) is 0 Å². The predicted octanol–water partition coefficient (Wildman–Crippen LogP) is 1.02. The fourth-order valence-corrected chi connectivity index (χ4v) is 0.630. The summed E-state index contributed by atoms with van der Waals surface area (Å²) in [5.74, 6) is 0. The topological polar surface area (TPSA) is 35.5 Å². The molecule has 0 unspecified atom stereocenters. The average Bonchev–Trinajstić information content (AvgIpc) is 1.64. The van der Waals surface area contributed by atoms with Crippen molar-refractivity contribution in [2.24, 2.45) is 0 Å². The molecule has 0 saturated carbocycles. The summed E-state index contributed by atoms with van der Waals surface area (Å²) in [6.45, 7) is 1.19. The lowest BCUT2D eigenvalue weighted by atomic mass is 11.3. The zero-order valence-electron chi connectivity index (χ0n) is 4.83. The second kappa shape index (κ2) is 3.07. The van der Waals surface area contributed by atoms with Crippen LogP contribution in [0, 0.1) is 25.1 Å². The molecule has 0 aliphatic rings. The molecule has 0 bridgehead atoms. The van der Waals surface area contributed by atoms with Crippen molar-refractivity contribution in [3.8, 4) is 25.1 Å². The average molecular weight is 144 g/mol. The molecule has 0 N–H and O–H groups in total. The van der Waals surface area contributed by atoms with Gasteiger partial charge in [0.25, 0.3) is 0 Å². The first-order chi connectivity index (χ1) is 4.12. The van der Waals surface area contributed by atoms with E-state index in [0.717, 1.165) is 0 Å². The Morgan fingerprint density at radius 2 is 1.67 bits per heavy atom. The van der Waals surface area contributed by atoms with Crippen LogP contribution in [0.15, 0.2) is 0 Å². The zero-order valence-corrected chi connectivity index (χ0v) is 5.72. The highest BCUT2D eigenvalue weighted by Gasteiger charge is 2.15. The lowest BCUT2D eigenvalue weighted by molar-refractivity contribution is 0.362. The minimum Gasteiger partial charge on any atom is -0.362 e. The van der Waals surface area contributed by atoms with E-state index in [4.69, 9.17) is 0 Å². The monoisotopic (exact) mass is 144 g/mol. The van der Waals surface area contributed by atoms with Crippen molar-refractivity contribution in [2.45, 2.75) is 0 Å². The second-order valence-corrected chi connectivity index (χ2v) is 3.10. The van der Waals surface area contributed by atoms with Gasteiger partial charge in [-0.25, -0.2) is 4.57 Å². The minimum absolute atomic E-state index is 1.19. The molecule has 4 heteroatoms. The van der Waals surface area contributed by atoms with Gasteiger partial charge in [0.2, 0.25) is 0 Å². The minimum atomic E-state index is -3.16. The van der Waals surface area contributed by atoms with Gasteiger partial charge in [-0.1, -0.05) is 12.8 Å². The van der Waals surface area contributed by atoms with Crippen molar-refractivity contribution < 1.29 is 13.6 Å². The van der Waals surface area contributed by atoms with Crippen LogP contribution in [0.4, 0.5) is 0 Å². The van der Waals surface area contributed by atoms with E-state index in [-0.39, 0.29) is 0 Å². The molecule has 0 aromatic carbocycles. The van der Waals surface area contributed by atoms with E-state index in [0.29, 0.717) is 0 Å². The molecular weight excluding hydrogens is 139 g/mol. The van der Waals surface area contributed by atoms with Crippen LogP contribution in [-0.4, -0.2) is 6.66 Å². The van der Waals surface area contributed by atoms with Gasteiger partial charge in [-0.05, 0) is 0 Å². The summed E-state index contributed by atoms with van der Waals surface area (Å²) in [6, 6.07) is 0. The molecule has 9 heavy (non-hydrogen) atoms. The lowest BCUT2D eigenvalue weighted by Crippen LogP contribution is -1.81. The van der Waals surface area contributed by atoms with Crippen molar-refractivity contribution in [1.29, 1.82) is 0 Å². The first kappa shape index (κ1) is 7.95. The van der Waals surface area contributed by atoms with Gasteiger partial charge < -0.3 is 9.05 Å². The van der Waals surface area contributed by atoms with E-state index in [1.807, 2.05) is 0 Å². The van der Waals surface area contributed by atoms with E-state index in [9.17, 15) is 4.57 Å². The van der Waals surface area contributed by atoms with Crippen molar-refractivity contribution in [1.82, 2.24) is 0 Å². The Bertz CT molecular complexity index is 187. The van der Waals surface area contributed by atoms with Crippen LogP contribution in [0.3, 0.4) is 0 Å². The fourth-order valence-electron chi connectivity index (χ4n) is 0.210. The lowest BCUT2D eigenvalue weighted by Gasteiger charge is -2.03. The molecule has 0 saturated heterocycles. The van der Waals surface area contributed by atoms with Crippen molar-refractivity contribution in [2.75, 3.05) is 6.66 Å². The molecule has 0 aromatic rings. The van der Waals surface area contributed by atoms with Gasteiger partial charge in [-0.2, -0.15) is 0 Å². The SMILES string of the molecule is C#COP(C)(=O)OC#C. The number of hydrogen-bond acceptors (Lipinski definition) is 3. The number of rotatable bonds is 2. The molecule has 0 aromatic heterocycles. The Kier molecular flexibility index (Phi) is 2.71. The summed E-state index contributed by atoms with van der Waals surface area (Å²) in [6.07, 6.45) is 12.7. The van der Waals surface area contributed by atoms with Gasteiger partial charge in [-0.3, -0.25) is 0 Å². The third-order valence-corrected chi connectivity index (χ3v) is 1.31. The molecular formula is C5H5O3P. The second-order valence-electron chi connectivity index (χ2n) is 1.19. The smallest absolute Gasteiger partial charge is 0.362 e. The van der Waals surface area contributed by atoms with E-state index in [2.05, 4.69) is 21.9 Å². The van der Waals surface area contributed by atoms with Gasteiger partial charge in [0.05, 0.1) is 6.66 Å². The van der Waals surface area contributed by atoms with Crippen molar-refractivity contribution >= 4 is 7.60 Å². The van der Waals surface area contributed by atoms with E-state index >= 15 is 0 Å². The van der Waals surface area contributed by atoms with Gasteiger partial charge in [-0.15, -0.1) is 0 Å². The maximum atomic E-state index is 10.7. The Morgan fingerprint density at radius 1 is 1.33 bits per heavy atom. The number of hydrogen-bond donors (Lipinski definition) is 0. The van der Waals surface area contributed by atoms with E-state index in [1.54, 1.807) is 12.2 Å². The molecule has 0 rings (SSSR count). The standard InChI is InChI=1S/C5H5O3P/c1-4-7-9(3,6)8-5-2/h1-2H,3H3. The van der Waals surface area contributed by atoms with Gasteiger partial charge in [0, 0.05) is 0 Å². The van der Waals surface area contributed by atoms with Gasteiger partial charge >= 0.3 is 7.60 Å². The third-order valence-electron chi connectivity index (χ3n) is 0.437. The maximum absolute atomic E-state index is 10.7. The zero-order chi connectivity index (χ0) is 7.33. The molecule has 0 radical (unpaired) electrons. The van der Waals surface area contributed by atoms with Crippen LogP contribution in [0.25, 0.3) is 0 Å². The van der Waals surface area contributed by atoms with E-state index < -0.39 is 7.60 Å². The highest BCUT2D eigenvalue weighted by Crippen LogP contribution is 2.42. The van der Waals surface area contributed by atoms with Crippen LogP contribution < -0.4 is 0 Å². The normalized spacial score (nSPS) is 8.78. The quantitative estimate of drug-likeness (QED) is 0.428. The summed E-state index contributed by atoms with van der Waals surface area (Å²) in [7, 11) is -3.16. The van der Waals surface area contributed by atoms with Gasteiger partial charge in [0.15, 0.2) is 0 Å². The molecule has 0 spiro atoms. The molecule has 3 nitrogen and oxygen atoms in total. The van der Waals surface area contributed by atoms with E-state index in [1.165, 1.54) is 6.66 Å². The molecule has 0 amide bonds. The van der Waals surface area contributed by atoms with Crippen molar-refractivity contribution in [3.05, 3.63) is 0 Å². The Labute approximate surface area is 53.9 Å². The molecule has 48 valence electrons. The third kappa shape index (κ3) is 3.53. The van der Waals surface area contributed by atoms with Crippen LogP contribution in [0.5, 0.6) is 0 Å². The fraction of sp³-hybridized carbons (Fsp3) is 0.200. The summed E-state index contributed by atoms with van der Waals surface area (Å²) in [5, 5.41) is 0. The summed E-state index contributed by atoms with van der Waals surface area (Å²) < 4.78 is 19.1. The summed E-state index contributed by atoms with van der Waals surface area (Å²) in [5.41, 5.74) is 0. The van der Waals surface area contributed by atoms with Crippen LogP contribution in [0.1, 0.15) is 0 Å². The molecule has 0 heterocycles. The molecule has 0 fully saturated rings. The largest absolute Gasteiger partial charge is 0.444 e. The van der Waals surface area contributed by atoms with Crippen molar-refractivity contribution in [3.63, 3.8) is 0 Å². The predicted molar refractivity (Wildman–Crippen MR) is 33.4 cm³/mol. The maximum Gasteiger partial charge on any atom is 0.444 e. The highest BCUT2D eigenvalue weighted by atomic mass is 31.2. The highest BCUT2D eigenvalue weighted by molar-refractivity contribution is 7.53.